The Bertz CT molecular complexity index is 671. The maximum absolute atomic E-state index is 13.1. The van der Waals surface area contributed by atoms with E-state index >= 15 is 0 Å². The summed E-state index contributed by atoms with van der Waals surface area (Å²) in [6.07, 6.45) is 3.58. The summed E-state index contributed by atoms with van der Waals surface area (Å²) >= 11 is 5.85. The molecule has 0 unspecified atom stereocenters. The Hall–Kier alpha value is -0.910. The van der Waals surface area contributed by atoms with Gasteiger partial charge in [-0.15, -0.1) is 0 Å². The number of carbonyl (C=O) groups excluding carboxylic acids is 1. The first-order valence-corrected chi connectivity index (χ1v) is 9.58. The number of benzene rings is 1. The lowest BCUT2D eigenvalue weighted by atomic mass is 9.77. The van der Waals surface area contributed by atoms with Crippen molar-refractivity contribution in [2.45, 2.75) is 56.0 Å². The van der Waals surface area contributed by atoms with Gasteiger partial charge in [-0.2, -0.15) is 4.31 Å². The fraction of sp³-hybridized carbons (Fsp3) is 0.562. The largest absolute Gasteiger partial charge is 0.299 e. The summed E-state index contributed by atoms with van der Waals surface area (Å²) in [6, 6.07) is 5.91. The van der Waals surface area contributed by atoms with Gasteiger partial charge in [-0.1, -0.05) is 24.9 Å². The third-order valence-electron chi connectivity index (χ3n) is 4.87. The predicted octanol–water partition coefficient (Wildman–Crippen LogP) is 3.25. The number of carbonyl (C=O) groups is 1. The highest BCUT2D eigenvalue weighted by Crippen LogP contribution is 2.40. The third-order valence-corrected chi connectivity index (χ3v) is 7.11. The molecule has 3 atom stereocenters. The van der Waals surface area contributed by atoms with Crippen LogP contribution in [0.15, 0.2) is 29.2 Å². The first-order valence-electron chi connectivity index (χ1n) is 7.77. The number of fused-ring (bicyclic) bond motifs is 2. The van der Waals surface area contributed by atoms with Gasteiger partial charge in [-0.25, -0.2) is 8.42 Å². The highest BCUT2D eigenvalue weighted by molar-refractivity contribution is 7.89. The van der Waals surface area contributed by atoms with Crippen LogP contribution < -0.4 is 0 Å². The smallest absolute Gasteiger partial charge is 0.243 e. The lowest BCUT2D eigenvalue weighted by Crippen LogP contribution is -2.58. The second kappa shape index (κ2) is 5.95. The summed E-state index contributed by atoms with van der Waals surface area (Å²) in [4.78, 5) is 12.5. The Morgan fingerprint density at radius 1 is 1.23 bits per heavy atom. The van der Waals surface area contributed by atoms with Crippen molar-refractivity contribution in [1.82, 2.24) is 4.31 Å². The van der Waals surface area contributed by atoms with E-state index in [1.54, 1.807) is 28.6 Å². The average Bonchev–Trinajstić information content (AvgIpc) is 2.47. The molecule has 2 bridgehead atoms. The van der Waals surface area contributed by atoms with Crippen molar-refractivity contribution in [3.8, 4) is 0 Å². The van der Waals surface area contributed by atoms with Crippen LogP contribution in [0, 0.1) is 5.92 Å². The lowest BCUT2D eigenvalue weighted by Gasteiger charge is -2.47. The second-order valence-electron chi connectivity index (χ2n) is 6.13. The Balaban J connectivity index is 2.01. The number of nitrogens with zero attached hydrogens (tertiary/aromatic N) is 1. The summed E-state index contributed by atoms with van der Waals surface area (Å²) in [7, 11) is -3.58. The minimum Gasteiger partial charge on any atom is -0.299 e. The van der Waals surface area contributed by atoms with Gasteiger partial charge in [0.05, 0.1) is 4.90 Å². The molecule has 0 aliphatic carbocycles. The van der Waals surface area contributed by atoms with E-state index in [2.05, 4.69) is 0 Å². The molecule has 2 fully saturated rings. The van der Waals surface area contributed by atoms with Crippen molar-refractivity contribution in [3.63, 3.8) is 0 Å². The van der Waals surface area contributed by atoms with Gasteiger partial charge in [0.15, 0.2) is 0 Å². The molecule has 0 amide bonds. The molecular weight excluding hydrogens is 322 g/mol. The Kier molecular flexibility index (Phi) is 4.32. The standard InChI is InChI=1S/C16H20ClNO3S/c1-2-14-15-5-3-4-12(10-16(14)19)18(15)22(20,21)13-8-6-11(17)7-9-13/h6-9,12,14-15H,2-5,10H2,1H3/t12-,14+,15-/m1/s1. The van der Waals surface area contributed by atoms with Crippen LogP contribution in [0.2, 0.25) is 5.02 Å². The molecule has 1 aromatic carbocycles. The molecule has 6 heteroatoms. The van der Waals surface area contributed by atoms with Gasteiger partial charge in [-0.05, 0) is 43.5 Å². The maximum Gasteiger partial charge on any atom is 0.243 e. The molecule has 0 aromatic heterocycles. The van der Waals surface area contributed by atoms with Crippen molar-refractivity contribution < 1.29 is 13.2 Å². The van der Waals surface area contributed by atoms with Gasteiger partial charge in [-0.3, -0.25) is 4.79 Å². The number of Topliss-reactive ketones (excluding diaryl/α,β-unsaturated/α-hetero) is 1. The Morgan fingerprint density at radius 3 is 2.55 bits per heavy atom. The van der Waals surface area contributed by atoms with Crippen molar-refractivity contribution in [2.24, 2.45) is 5.92 Å². The summed E-state index contributed by atoms with van der Waals surface area (Å²) in [6.45, 7) is 1.96. The summed E-state index contributed by atoms with van der Waals surface area (Å²) in [5, 5.41) is 0.513. The van der Waals surface area contributed by atoms with E-state index in [4.69, 9.17) is 11.6 Å². The fourth-order valence-corrected chi connectivity index (χ4v) is 5.89. The van der Waals surface area contributed by atoms with Crippen LogP contribution in [0.3, 0.4) is 0 Å². The number of piperidine rings is 2. The van der Waals surface area contributed by atoms with Crippen molar-refractivity contribution in [1.29, 1.82) is 0 Å². The molecular formula is C16H20ClNO3S. The molecule has 4 nitrogen and oxygen atoms in total. The van der Waals surface area contributed by atoms with Gasteiger partial charge in [0.1, 0.15) is 5.78 Å². The number of hydrogen-bond acceptors (Lipinski definition) is 3. The van der Waals surface area contributed by atoms with Gasteiger partial charge < -0.3 is 0 Å². The van der Waals surface area contributed by atoms with Gasteiger partial charge in [0.2, 0.25) is 10.0 Å². The molecule has 0 radical (unpaired) electrons. The zero-order valence-electron chi connectivity index (χ0n) is 12.5. The zero-order valence-corrected chi connectivity index (χ0v) is 14.1. The zero-order chi connectivity index (χ0) is 15.9. The molecule has 2 saturated heterocycles. The topological polar surface area (TPSA) is 54.5 Å². The van der Waals surface area contributed by atoms with Gasteiger partial charge in [0.25, 0.3) is 0 Å². The molecule has 0 saturated carbocycles. The number of ketones is 1. The van der Waals surface area contributed by atoms with Crippen molar-refractivity contribution in [3.05, 3.63) is 29.3 Å². The Labute approximate surface area is 136 Å². The van der Waals surface area contributed by atoms with Crippen LogP contribution in [0.25, 0.3) is 0 Å². The number of rotatable bonds is 3. The molecule has 2 heterocycles. The van der Waals surface area contributed by atoms with E-state index in [9.17, 15) is 13.2 Å². The summed E-state index contributed by atoms with van der Waals surface area (Å²) in [5.74, 6) is 0.0541. The average molecular weight is 342 g/mol. The second-order valence-corrected chi connectivity index (χ2v) is 8.41. The monoisotopic (exact) mass is 341 g/mol. The van der Waals surface area contributed by atoms with E-state index in [1.165, 1.54) is 0 Å². The van der Waals surface area contributed by atoms with Crippen molar-refractivity contribution in [2.75, 3.05) is 0 Å². The molecule has 22 heavy (non-hydrogen) atoms. The summed E-state index contributed by atoms with van der Waals surface area (Å²) < 4.78 is 27.7. The van der Waals surface area contributed by atoms with Crippen LogP contribution in [-0.4, -0.2) is 30.6 Å². The van der Waals surface area contributed by atoms with Crippen LogP contribution in [0.5, 0.6) is 0 Å². The molecule has 0 spiro atoms. The highest BCUT2D eigenvalue weighted by Gasteiger charge is 2.48. The molecule has 3 rings (SSSR count). The van der Waals surface area contributed by atoms with Gasteiger partial charge in [0, 0.05) is 29.4 Å². The van der Waals surface area contributed by atoms with E-state index in [0.717, 1.165) is 19.3 Å². The number of halogens is 1. The van der Waals surface area contributed by atoms with Crippen LogP contribution in [-0.2, 0) is 14.8 Å². The Morgan fingerprint density at radius 2 is 1.91 bits per heavy atom. The minimum atomic E-state index is -3.58. The van der Waals surface area contributed by atoms with Gasteiger partial charge >= 0.3 is 0 Å². The van der Waals surface area contributed by atoms with Crippen LogP contribution in [0.1, 0.15) is 39.0 Å². The molecule has 2 aliphatic heterocycles. The highest BCUT2D eigenvalue weighted by atomic mass is 35.5. The lowest BCUT2D eigenvalue weighted by molar-refractivity contribution is -0.130. The van der Waals surface area contributed by atoms with E-state index in [1.807, 2.05) is 6.92 Å². The van der Waals surface area contributed by atoms with Crippen molar-refractivity contribution >= 4 is 27.4 Å². The minimum absolute atomic E-state index is 0.168. The third kappa shape index (κ3) is 2.59. The first kappa shape index (κ1) is 16.0. The number of sulfonamides is 1. The van der Waals surface area contributed by atoms with Crippen LogP contribution >= 0.6 is 11.6 Å². The SMILES string of the molecule is CC[C@@H]1C(=O)C[C@H]2CCC[C@H]1N2S(=O)(=O)c1ccc(Cl)cc1. The fourth-order valence-electron chi connectivity index (χ4n) is 3.86. The predicted molar refractivity (Wildman–Crippen MR) is 85.3 cm³/mol. The van der Waals surface area contributed by atoms with E-state index < -0.39 is 10.0 Å². The normalized spacial score (nSPS) is 29.5. The molecule has 0 N–H and O–H groups in total. The number of hydrogen-bond donors (Lipinski definition) is 0. The molecule has 2 aliphatic rings. The van der Waals surface area contributed by atoms with E-state index in [0.29, 0.717) is 17.9 Å². The summed E-state index contributed by atoms with van der Waals surface area (Å²) in [5.41, 5.74) is 0. The quantitative estimate of drug-likeness (QED) is 0.848. The van der Waals surface area contributed by atoms with Crippen LogP contribution in [0.4, 0.5) is 0 Å². The van der Waals surface area contributed by atoms with E-state index in [-0.39, 0.29) is 28.7 Å². The maximum atomic E-state index is 13.1. The molecule has 120 valence electrons. The molecule has 1 aromatic rings. The first-order chi connectivity index (χ1) is 10.4.